The maximum absolute atomic E-state index is 10.8. The zero-order chi connectivity index (χ0) is 13.1. The van der Waals surface area contributed by atoms with Crippen molar-refractivity contribution in [3.05, 3.63) is 32.8 Å². The van der Waals surface area contributed by atoms with Gasteiger partial charge in [0.15, 0.2) is 5.75 Å². The molecule has 1 N–H and O–H groups in total. The first-order valence-electron chi connectivity index (χ1n) is 5.15. The molecule has 0 saturated heterocycles. The first-order chi connectivity index (χ1) is 7.85. The van der Waals surface area contributed by atoms with E-state index in [0.717, 1.165) is 0 Å². The molecule has 1 rings (SSSR count). The van der Waals surface area contributed by atoms with E-state index in [1.54, 1.807) is 13.0 Å². The van der Waals surface area contributed by atoms with Crippen molar-refractivity contribution in [3.8, 4) is 5.75 Å². The molecule has 0 heterocycles. The third kappa shape index (κ3) is 3.98. The highest BCUT2D eigenvalue weighted by molar-refractivity contribution is 9.10. The minimum Gasteiger partial charge on any atom is -0.484 e. The first-order valence-corrected chi connectivity index (χ1v) is 5.94. The molecule has 1 unspecified atom stereocenters. The van der Waals surface area contributed by atoms with E-state index in [2.05, 4.69) is 15.9 Å². The van der Waals surface area contributed by atoms with Crippen molar-refractivity contribution in [1.29, 1.82) is 0 Å². The van der Waals surface area contributed by atoms with E-state index >= 15 is 0 Å². The van der Waals surface area contributed by atoms with Crippen molar-refractivity contribution in [2.24, 2.45) is 0 Å². The van der Waals surface area contributed by atoms with Gasteiger partial charge >= 0.3 is 5.69 Å². The Morgan fingerprint density at radius 2 is 2.24 bits per heavy atom. The lowest BCUT2D eigenvalue weighted by Crippen LogP contribution is -2.31. The van der Waals surface area contributed by atoms with Gasteiger partial charge in [-0.3, -0.25) is 10.1 Å². The van der Waals surface area contributed by atoms with Crippen LogP contribution in [-0.2, 0) is 0 Å². The molecule has 1 aromatic carbocycles. The number of ether oxygens (including phenoxy) is 1. The minimum absolute atomic E-state index is 0.0198. The fourth-order valence-corrected chi connectivity index (χ4v) is 1.44. The summed E-state index contributed by atoms with van der Waals surface area (Å²) >= 11 is 3.16. The van der Waals surface area contributed by atoms with Crippen molar-refractivity contribution >= 4 is 21.6 Å². The molecule has 6 heteroatoms. The molecule has 0 aliphatic heterocycles. The van der Waals surface area contributed by atoms with Crippen molar-refractivity contribution in [1.82, 2.24) is 0 Å². The van der Waals surface area contributed by atoms with Gasteiger partial charge in [-0.1, -0.05) is 22.9 Å². The molecule has 0 aliphatic carbocycles. The van der Waals surface area contributed by atoms with Crippen molar-refractivity contribution in [3.63, 3.8) is 0 Å². The first kappa shape index (κ1) is 13.9. The summed E-state index contributed by atoms with van der Waals surface area (Å²) in [6.07, 6.45) is 0.511. The van der Waals surface area contributed by atoms with Crippen LogP contribution in [0.5, 0.6) is 5.75 Å². The molecule has 1 aromatic rings. The van der Waals surface area contributed by atoms with Crippen molar-refractivity contribution < 1.29 is 14.8 Å². The number of hydrogen-bond acceptors (Lipinski definition) is 4. The number of nitrogens with zero attached hydrogens (tertiary/aromatic N) is 1. The normalized spacial score (nSPS) is 14.1. The molecular formula is C11H14BrNO4. The summed E-state index contributed by atoms with van der Waals surface area (Å²) in [7, 11) is 0. The van der Waals surface area contributed by atoms with Gasteiger partial charge in [-0.25, -0.2) is 0 Å². The molecule has 0 radical (unpaired) electrons. The lowest BCUT2D eigenvalue weighted by Gasteiger charge is -2.21. The molecule has 0 aromatic heterocycles. The number of hydrogen-bond donors (Lipinski definition) is 1. The van der Waals surface area contributed by atoms with Crippen molar-refractivity contribution in [2.45, 2.75) is 25.9 Å². The Kier molecular flexibility index (Phi) is 4.47. The molecule has 17 heavy (non-hydrogen) atoms. The standard InChI is InChI=1S/C11H14BrNO4/c1-3-11(2,14)7-17-10-5-4-8(12)6-9(10)13(15)16/h4-6,14H,3,7H2,1-2H3. The minimum atomic E-state index is -0.985. The Labute approximate surface area is 108 Å². The smallest absolute Gasteiger partial charge is 0.312 e. The van der Waals surface area contributed by atoms with Crippen LogP contribution in [0.15, 0.2) is 22.7 Å². The molecule has 0 saturated carbocycles. The highest BCUT2D eigenvalue weighted by atomic mass is 79.9. The Morgan fingerprint density at radius 1 is 1.59 bits per heavy atom. The van der Waals surface area contributed by atoms with E-state index < -0.39 is 10.5 Å². The number of halogens is 1. The topological polar surface area (TPSA) is 72.6 Å². The summed E-state index contributed by atoms with van der Waals surface area (Å²) in [6, 6.07) is 4.53. The van der Waals surface area contributed by atoms with Crippen LogP contribution >= 0.6 is 15.9 Å². The summed E-state index contributed by atoms with van der Waals surface area (Å²) in [5, 5.41) is 20.6. The average Bonchev–Trinajstić information content (AvgIpc) is 2.27. The highest BCUT2D eigenvalue weighted by Crippen LogP contribution is 2.30. The van der Waals surface area contributed by atoms with Gasteiger partial charge in [0.25, 0.3) is 0 Å². The van der Waals surface area contributed by atoms with E-state index in [0.29, 0.717) is 10.9 Å². The van der Waals surface area contributed by atoms with E-state index in [-0.39, 0.29) is 18.0 Å². The third-order valence-electron chi connectivity index (χ3n) is 2.42. The summed E-state index contributed by atoms with van der Waals surface area (Å²) < 4.78 is 5.91. The van der Waals surface area contributed by atoms with Crippen LogP contribution in [0.4, 0.5) is 5.69 Å². The molecule has 0 spiro atoms. The SMILES string of the molecule is CCC(C)(O)COc1ccc(Br)cc1[N+](=O)[O-]. The Hall–Kier alpha value is -1.14. The Balaban J connectivity index is 2.88. The van der Waals surface area contributed by atoms with Crippen LogP contribution in [0, 0.1) is 10.1 Å². The number of nitro benzene ring substituents is 1. The second-order valence-corrected chi connectivity index (χ2v) is 4.92. The van der Waals surface area contributed by atoms with E-state index in [1.165, 1.54) is 12.1 Å². The molecule has 0 amide bonds. The second kappa shape index (κ2) is 5.46. The monoisotopic (exact) mass is 303 g/mol. The molecule has 94 valence electrons. The zero-order valence-electron chi connectivity index (χ0n) is 9.64. The number of rotatable bonds is 5. The fourth-order valence-electron chi connectivity index (χ4n) is 1.09. The maximum atomic E-state index is 10.8. The highest BCUT2D eigenvalue weighted by Gasteiger charge is 2.22. The van der Waals surface area contributed by atoms with Gasteiger partial charge in [-0.2, -0.15) is 0 Å². The number of benzene rings is 1. The maximum Gasteiger partial charge on any atom is 0.312 e. The van der Waals surface area contributed by atoms with Crippen LogP contribution in [0.2, 0.25) is 0 Å². The number of aliphatic hydroxyl groups is 1. The van der Waals surface area contributed by atoms with Crippen molar-refractivity contribution in [2.75, 3.05) is 6.61 Å². The predicted octanol–water partition coefficient (Wildman–Crippen LogP) is 2.90. The summed E-state index contributed by atoms with van der Waals surface area (Å²) in [6.45, 7) is 3.46. The zero-order valence-corrected chi connectivity index (χ0v) is 11.2. The largest absolute Gasteiger partial charge is 0.484 e. The molecule has 5 nitrogen and oxygen atoms in total. The molecule has 0 bridgehead atoms. The quantitative estimate of drug-likeness (QED) is 0.670. The average molecular weight is 304 g/mol. The van der Waals surface area contributed by atoms with Gasteiger partial charge in [-0.05, 0) is 25.5 Å². The van der Waals surface area contributed by atoms with E-state index in [1.807, 2.05) is 6.92 Å². The molecule has 0 aliphatic rings. The van der Waals surface area contributed by atoms with Gasteiger partial charge in [0.2, 0.25) is 0 Å². The van der Waals surface area contributed by atoms with Crippen LogP contribution in [0.25, 0.3) is 0 Å². The van der Waals surface area contributed by atoms with Gasteiger partial charge in [0.05, 0.1) is 10.5 Å². The molecule has 0 fully saturated rings. The Bertz CT molecular complexity index is 420. The van der Waals surface area contributed by atoms with Crippen LogP contribution in [0.3, 0.4) is 0 Å². The van der Waals surface area contributed by atoms with Gasteiger partial charge in [0, 0.05) is 10.5 Å². The lowest BCUT2D eigenvalue weighted by atomic mass is 10.1. The van der Waals surface area contributed by atoms with Crippen LogP contribution in [-0.4, -0.2) is 22.2 Å². The second-order valence-electron chi connectivity index (χ2n) is 4.01. The predicted molar refractivity (Wildman–Crippen MR) is 67.2 cm³/mol. The molecule has 1 atom stereocenters. The lowest BCUT2D eigenvalue weighted by molar-refractivity contribution is -0.386. The summed E-state index contributed by atoms with van der Waals surface area (Å²) in [5.74, 6) is 0.159. The third-order valence-corrected chi connectivity index (χ3v) is 2.91. The van der Waals surface area contributed by atoms with E-state index in [4.69, 9.17) is 4.74 Å². The summed E-state index contributed by atoms with van der Waals surface area (Å²) in [4.78, 5) is 10.3. The summed E-state index contributed by atoms with van der Waals surface area (Å²) in [5.41, 5.74) is -1.10. The van der Waals surface area contributed by atoms with Crippen LogP contribution in [0.1, 0.15) is 20.3 Å². The fraction of sp³-hybridized carbons (Fsp3) is 0.455. The molecular weight excluding hydrogens is 290 g/mol. The number of nitro groups is 1. The van der Waals surface area contributed by atoms with Gasteiger partial charge in [0.1, 0.15) is 6.61 Å². The van der Waals surface area contributed by atoms with Crippen LogP contribution < -0.4 is 4.74 Å². The Morgan fingerprint density at radius 3 is 2.76 bits per heavy atom. The van der Waals surface area contributed by atoms with Gasteiger partial charge < -0.3 is 9.84 Å². The van der Waals surface area contributed by atoms with Gasteiger partial charge in [-0.15, -0.1) is 0 Å². The van der Waals surface area contributed by atoms with E-state index in [9.17, 15) is 15.2 Å².